The van der Waals surface area contributed by atoms with E-state index in [1.807, 2.05) is 44.2 Å². The largest absolute Gasteiger partial charge is 0.261 e. The zero-order valence-corrected chi connectivity index (χ0v) is 12.2. The molecule has 3 rings (SSSR count). The Morgan fingerprint density at radius 3 is 2.40 bits per heavy atom. The number of nitrogens with zero attached hydrogens (tertiary/aromatic N) is 2. The van der Waals surface area contributed by atoms with E-state index in [9.17, 15) is 8.42 Å². The van der Waals surface area contributed by atoms with Gasteiger partial charge in [0.05, 0.1) is 6.04 Å². The number of hydrogen-bond acceptors (Lipinski definition) is 3. The molecule has 5 heteroatoms. The van der Waals surface area contributed by atoms with E-state index in [4.69, 9.17) is 0 Å². The molecule has 0 amide bonds. The molecule has 0 saturated carbocycles. The third-order valence-electron chi connectivity index (χ3n) is 3.61. The van der Waals surface area contributed by atoms with Gasteiger partial charge in [0, 0.05) is 12.2 Å². The van der Waals surface area contributed by atoms with Gasteiger partial charge in [-0.05, 0) is 31.0 Å². The van der Waals surface area contributed by atoms with Gasteiger partial charge in [0.2, 0.25) is 0 Å². The molecule has 1 aliphatic heterocycles. The van der Waals surface area contributed by atoms with Crippen LogP contribution in [0.2, 0.25) is 0 Å². The van der Waals surface area contributed by atoms with Crippen LogP contribution in [0.1, 0.15) is 24.1 Å². The van der Waals surface area contributed by atoms with E-state index in [0.717, 1.165) is 11.1 Å². The van der Waals surface area contributed by atoms with Crippen LogP contribution >= 0.6 is 0 Å². The second-order valence-corrected chi connectivity index (χ2v) is 6.89. The summed E-state index contributed by atoms with van der Waals surface area (Å²) in [6, 6.07) is 12.9. The number of rotatable bonds is 3. The Morgan fingerprint density at radius 1 is 1.10 bits per heavy atom. The predicted octanol–water partition coefficient (Wildman–Crippen LogP) is 2.52. The van der Waals surface area contributed by atoms with Crippen molar-refractivity contribution in [3.8, 4) is 0 Å². The minimum atomic E-state index is -3.51. The van der Waals surface area contributed by atoms with Gasteiger partial charge in [-0.25, -0.2) is 13.4 Å². The van der Waals surface area contributed by atoms with Crippen LogP contribution in [0.25, 0.3) is 0 Å². The Kier molecular flexibility index (Phi) is 3.11. The van der Waals surface area contributed by atoms with E-state index in [2.05, 4.69) is 4.98 Å². The third kappa shape index (κ3) is 2.13. The maximum absolute atomic E-state index is 12.6. The highest BCUT2D eigenvalue weighted by atomic mass is 32.2. The number of aryl methyl sites for hydroxylation is 1. The van der Waals surface area contributed by atoms with Crippen molar-refractivity contribution in [1.29, 1.82) is 0 Å². The minimum Gasteiger partial charge on any atom is -0.243 e. The molecule has 20 heavy (non-hydrogen) atoms. The fourth-order valence-electron chi connectivity index (χ4n) is 2.48. The second kappa shape index (κ2) is 4.68. The summed E-state index contributed by atoms with van der Waals surface area (Å²) in [5.74, 6) is 0. The molecule has 3 atom stereocenters. The second-order valence-electron chi connectivity index (χ2n) is 5.10. The molecule has 1 saturated heterocycles. The summed E-state index contributed by atoms with van der Waals surface area (Å²) in [4.78, 5) is 4.04. The Balaban J connectivity index is 1.92. The summed E-state index contributed by atoms with van der Waals surface area (Å²) < 4.78 is 26.6. The van der Waals surface area contributed by atoms with Crippen LogP contribution in [-0.4, -0.2) is 23.7 Å². The van der Waals surface area contributed by atoms with Gasteiger partial charge in [0.25, 0.3) is 10.0 Å². The number of sulfonamides is 1. The van der Waals surface area contributed by atoms with Gasteiger partial charge in [-0.15, -0.1) is 0 Å². The van der Waals surface area contributed by atoms with Gasteiger partial charge in [0.1, 0.15) is 0 Å². The number of benzene rings is 1. The summed E-state index contributed by atoms with van der Waals surface area (Å²) >= 11 is 0. The maximum atomic E-state index is 12.6. The predicted molar refractivity (Wildman–Crippen MR) is 76.6 cm³/mol. The molecule has 0 radical (unpaired) electrons. The first-order chi connectivity index (χ1) is 9.51. The summed E-state index contributed by atoms with van der Waals surface area (Å²) in [5.41, 5.74) is 1.97. The molecule has 2 heterocycles. The van der Waals surface area contributed by atoms with Crippen LogP contribution in [0.4, 0.5) is 0 Å². The van der Waals surface area contributed by atoms with Gasteiger partial charge in [-0.3, -0.25) is 0 Å². The first kappa shape index (κ1) is 13.3. The average molecular weight is 288 g/mol. The van der Waals surface area contributed by atoms with E-state index in [-0.39, 0.29) is 17.1 Å². The zero-order chi connectivity index (χ0) is 14.3. The van der Waals surface area contributed by atoms with Crippen LogP contribution in [0.5, 0.6) is 0 Å². The molecule has 0 spiro atoms. The molecule has 1 fully saturated rings. The number of aromatic nitrogens is 1. The van der Waals surface area contributed by atoms with Crippen LogP contribution in [0.3, 0.4) is 0 Å². The molecule has 0 N–H and O–H groups in total. The van der Waals surface area contributed by atoms with Crippen LogP contribution in [-0.2, 0) is 10.0 Å². The molecule has 0 aliphatic carbocycles. The lowest BCUT2D eigenvalue weighted by Gasteiger charge is -2.06. The van der Waals surface area contributed by atoms with Crippen molar-refractivity contribution in [3.63, 3.8) is 0 Å². The van der Waals surface area contributed by atoms with Crippen molar-refractivity contribution < 1.29 is 8.42 Å². The first-order valence-electron chi connectivity index (χ1n) is 6.53. The minimum absolute atomic E-state index is 0.0227. The Morgan fingerprint density at radius 2 is 1.80 bits per heavy atom. The highest BCUT2D eigenvalue weighted by Gasteiger charge is 2.53. The van der Waals surface area contributed by atoms with Crippen molar-refractivity contribution in [3.05, 3.63) is 59.8 Å². The van der Waals surface area contributed by atoms with E-state index >= 15 is 0 Å². The van der Waals surface area contributed by atoms with Crippen molar-refractivity contribution in [1.82, 2.24) is 9.29 Å². The summed E-state index contributed by atoms with van der Waals surface area (Å²) in [6.07, 6.45) is 1.58. The number of pyridine rings is 1. The third-order valence-corrected chi connectivity index (χ3v) is 5.49. The SMILES string of the molecule is Cc1ccc(S(=O)(=O)N2[C@@H](C)[C@@H]2c2ccccc2)nc1. The van der Waals surface area contributed by atoms with Gasteiger partial charge < -0.3 is 0 Å². The molecule has 4 nitrogen and oxygen atoms in total. The smallest absolute Gasteiger partial charge is 0.243 e. The Hall–Kier alpha value is -1.72. The Bertz CT molecular complexity index is 711. The summed E-state index contributed by atoms with van der Waals surface area (Å²) in [6.45, 7) is 3.81. The lowest BCUT2D eigenvalue weighted by molar-refractivity contribution is 0.544. The van der Waals surface area contributed by atoms with E-state index in [0.29, 0.717) is 0 Å². The zero-order valence-electron chi connectivity index (χ0n) is 11.4. The topological polar surface area (TPSA) is 50.0 Å². The van der Waals surface area contributed by atoms with Crippen molar-refractivity contribution in [2.45, 2.75) is 31.0 Å². The van der Waals surface area contributed by atoms with Gasteiger partial charge in [-0.1, -0.05) is 36.4 Å². The van der Waals surface area contributed by atoms with Crippen LogP contribution in [0.15, 0.2) is 53.7 Å². The molecule has 2 aromatic rings. The Labute approximate surface area is 119 Å². The first-order valence-corrected chi connectivity index (χ1v) is 7.97. The van der Waals surface area contributed by atoms with Gasteiger partial charge >= 0.3 is 0 Å². The highest BCUT2D eigenvalue weighted by molar-refractivity contribution is 7.89. The normalized spacial score (nSPS) is 25.4. The number of hydrogen-bond donors (Lipinski definition) is 0. The quantitative estimate of drug-likeness (QED) is 0.815. The van der Waals surface area contributed by atoms with Crippen LogP contribution < -0.4 is 0 Å². The summed E-state index contributed by atoms with van der Waals surface area (Å²) in [7, 11) is -3.51. The molecule has 104 valence electrons. The molecular weight excluding hydrogens is 272 g/mol. The highest BCUT2D eigenvalue weighted by Crippen LogP contribution is 2.46. The monoisotopic (exact) mass is 288 g/mol. The molecule has 1 aliphatic rings. The molecule has 0 bridgehead atoms. The maximum Gasteiger partial charge on any atom is 0.261 e. The van der Waals surface area contributed by atoms with Crippen molar-refractivity contribution >= 4 is 10.0 Å². The molecule has 1 aromatic heterocycles. The van der Waals surface area contributed by atoms with Crippen molar-refractivity contribution in [2.75, 3.05) is 0 Å². The average Bonchev–Trinajstić information content (AvgIpc) is 3.13. The molecule has 1 unspecified atom stereocenters. The fraction of sp³-hybridized carbons (Fsp3) is 0.267. The lowest BCUT2D eigenvalue weighted by Crippen LogP contribution is -2.15. The molecular formula is C15H16N2O2S. The van der Waals surface area contributed by atoms with Crippen LogP contribution in [0, 0.1) is 6.92 Å². The lowest BCUT2D eigenvalue weighted by atomic mass is 10.1. The molecule has 1 aromatic carbocycles. The van der Waals surface area contributed by atoms with E-state index in [1.54, 1.807) is 18.3 Å². The fourth-order valence-corrected chi connectivity index (χ4v) is 4.22. The summed E-state index contributed by atoms with van der Waals surface area (Å²) in [5, 5.41) is 0.119. The van der Waals surface area contributed by atoms with Gasteiger partial charge in [0.15, 0.2) is 5.03 Å². The van der Waals surface area contributed by atoms with Crippen molar-refractivity contribution in [2.24, 2.45) is 0 Å². The van der Waals surface area contributed by atoms with E-state index in [1.165, 1.54) is 4.31 Å². The van der Waals surface area contributed by atoms with E-state index < -0.39 is 10.0 Å². The standard InChI is InChI=1S/C15H16N2O2S/c1-11-8-9-14(16-10-11)20(18,19)17-12(2)15(17)13-6-4-3-5-7-13/h3-10,12,15H,1-2H3/t12-,15+,17?/m0/s1. The van der Waals surface area contributed by atoms with Gasteiger partial charge in [-0.2, -0.15) is 4.31 Å².